The summed E-state index contributed by atoms with van der Waals surface area (Å²) >= 11 is 4.42. The summed E-state index contributed by atoms with van der Waals surface area (Å²) in [4.78, 5) is 22.6. The molecule has 0 saturated heterocycles. The number of nitro groups is 1. The van der Waals surface area contributed by atoms with Gasteiger partial charge >= 0.3 is 5.82 Å². The molecule has 2 rings (SSSR count). The van der Waals surface area contributed by atoms with Crippen molar-refractivity contribution in [3.63, 3.8) is 0 Å². The van der Waals surface area contributed by atoms with E-state index in [1.165, 1.54) is 10.8 Å². The predicted molar refractivity (Wildman–Crippen MR) is 67.5 cm³/mol. The highest BCUT2D eigenvalue weighted by molar-refractivity contribution is 7.80. The van der Waals surface area contributed by atoms with E-state index in [4.69, 9.17) is 0 Å². The summed E-state index contributed by atoms with van der Waals surface area (Å²) in [5.41, 5.74) is 1.37. The van der Waals surface area contributed by atoms with Crippen LogP contribution in [0.4, 0.5) is 5.82 Å². The molecule has 1 unspecified atom stereocenters. The number of hydrogen-bond acceptors (Lipinski definition) is 6. The number of imidazole rings is 1. The lowest BCUT2D eigenvalue weighted by Crippen LogP contribution is -2.08. The SMILES string of the molecule is Cc1nccnc1C(S)c1ncc([N+](=O)[O-])n1C. The lowest BCUT2D eigenvalue weighted by atomic mass is 10.2. The summed E-state index contributed by atoms with van der Waals surface area (Å²) < 4.78 is 1.39. The maximum absolute atomic E-state index is 10.8. The van der Waals surface area contributed by atoms with E-state index in [1.54, 1.807) is 19.4 Å². The Morgan fingerprint density at radius 2 is 2.06 bits per heavy atom. The molecule has 0 radical (unpaired) electrons. The van der Waals surface area contributed by atoms with E-state index >= 15 is 0 Å². The zero-order valence-corrected chi connectivity index (χ0v) is 10.7. The fourth-order valence-electron chi connectivity index (χ4n) is 1.65. The Bertz CT molecular complexity index is 598. The van der Waals surface area contributed by atoms with E-state index in [0.29, 0.717) is 11.5 Å². The molecule has 0 aliphatic rings. The summed E-state index contributed by atoms with van der Waals surface area (Å²) in [7, 11) is 1.58. The molecule has 94 valence electrons. The molecule has 0 amide bonds. The minimum atomic E-state index is -0.486. The fraction of sp³-hybridized carbons (Fsp3) is 0.300. The van der Waals surface area contributed by atoms with Crippen molar-refractivity contribution in [3.05, 3.63) is 45.9 Å². The smallest absolute Gasteiger partial charge is 0.342 e. The average molecular weight is 265 g/mol. The van der Waals surface area contributed by atoms with Crippen LogP contribution in [0, 0.1) is 17.0 Å². The molecule has 0 aliphatic carbocycles. The van der Waals surface area contributed by atoms with Crippen molar-refractivity contribution in [1.29, 1.82) is 0 Å². The van der Waals surface area contributed by atoms with Gasteiger partial charge in [0.2, 0.25) is 5.82 Å². The van der Waals surface area contributed by atoms with Gasteiger partial charge in [0.15, 0.2) is 0 Å². The summed E-state index contributed by atoms with van der Waals surface area (Å²) in [5.74, 6) is 0.388. The van der Waals surface area contributed by atoms with Crippen molar-refractivity contribution in [1.82, 2.24) is 19.5 Å². The maximum atomic E-state index is 10.8. The normalized spacial score (nSPS) is 12.4. The van der Waals surface area contributed by atoms with Crippen LogP contribution in [0.1, 0.15) is 22.5 Å². The van der Waals surface area contributed by atoms with Gasteiger partial charge in [-0.05, 0) is 11.8 Å². The van der Waals surface area contributed by atoms with Gasteiger partial charge in [0.05, 0.1) is 18.4 Å². The summed E-state index contributed by atoms with van der Waals surface area (Å²) in [6.07, 6.45) is 4.35. The largest absolute Gasteiger partial charge is 0.358 e. The van der Waals surface area contributed by atoms with Crippen LogP contribution in [0.5, 0.6) is 0 Å². The molecule has 18 heavy (non-hydrogen) atoms. The summed E-state index contributed by atoms with van der Waals surface area (Å²) in [6.45, 7) is 1.81. The first-order chi connectivity index (χ1) is 8.52. The van der Waals surface area contributed by atoms with Gasteiger partial charge in [0.25, 0.3) is 0 Å². The lowest BCUT2D eigenvalue weighted by molar-refractivity contribution is -0.391. The van der Waals surface area contributed by atoms with Crippen LogP contribution in [0.15, 0.2) is 18.6 Å². The molecule has 0 aromatic carbocycles. The Hall–Kier alpha value is -1.96. The number of hydrogen-bond donors (Lipinski definition) is 1. The fourth-order valence-corrected chi connectivity index (χ4v) is 2.14. The summed E-state index contributed by atoms with van der Waals surface area (Å²) in [6, 6.07) is 0. The first kappa shape index (κ1) is 12.5. The molecule has 2 aromatic heterocycles. The number of aryl methyl sites for hydroxylation is 1. The van der Waals surface area contributed by atoms with Crippen LogP contribution in [0.2, 0.25) is 0 Å². The van der Waals surface area contributed by atoms with Crippen molar-refractivity contribution >= 4 is 18.4 Å². The van der Waals surface area contributed by atoms with Gasteiger partial charge in [-0.2, -0.15) is 12.6 Å². The average Bonchev–Trinajstić information content (AvgIpc) is 2.71. The predicted octanol–water partition coefficient (Wildman–Crippen LogP) is 1.45. The molecule has 0 saturated carbocycles. The van der Waals surface area contributed by atoms with E-state index < -0.39 is 10.2 Å². The first-order valence-corrected chi connectivity index (χ1v) is 5.65. The number of nitrogens with zero attached hydrogens (tertiary/aromatic N) is 5. The van der Waals surface area contributed by atoms with Crippen LogP contribution in [0.25, 0.3) is 0 Å². The third-order valence-corrected chi connectivity index (χ3v) is 3.08. The minimum Gasteiger partial charge on any atom is -0.358 e. The summed E-state index contributed by atoms with van der Waals surface area (Å²) in [5, 5.41) is 10.3. The number of thiol groups is 1. The Morgan fingerprint density at radius 3 is 2.61 bits per heavy atom. The Labute approximate surface area is 108 Å². The van der Waals surface area contributed by atoms with Gasteiger partial charge in [-0.15, -0.1) is 0 Å². The van der Waals surface area contributed by atoms with Crippen LogP contribution >= 0.6 is 12.6 Å². The van der Waals surface area contributed by atoms with Crippen LogP contribution in [-0.4, -0.2) is 24.4 Å². The second-order valence-corrected chi connectivity index (χ2v) is 4.24. The Balaban J connectivity index is 2.44. The highest BCUT2D eigenvalue weighted by atomic mass is 32.1. The second kappa shape index (κ2) is 4.73. The molecular formula is C10H11N5O2S. The lowest BCUT2D eigenvalue weighted by Gasteiger charge is -2.09. The molecule has 0 aliphatic heterocycles. The number of aromatic nitrogens is 4. The van der Waals surface area contributed by atoms with Crippen molar-refractivity contribution in [2.24, 2.45) is 7.05 Å². The quantitative estimate of drug-likeness (QED) is 0.515. The molecule has 7 nitrogen and oxygen atoms in total. The standard InChI is InChI=1S/C10H11N5O2S/c1-6-8(12-4-3-11-6)9(18)10-13-5-7(14(10)2)15(16)17/h3-5,9,18H,1-2H3. The van der Waals surface area contributed by atoms with Crippen molar-refractivity contribution in [2.75, 3.05) is 0 Å². The second-order valence-electron chi connectivity index (χ2n) is 3.72. The molecule has 8 heteroatoms. The third kappa shape index (κ3) is 2.06. The van der Waals surface area contributed by atoms with E-state index in [1.807, 2.05) is 6.92 Å². The van der Waals surface area contributed by atoms with E-state index in [-0.39, 0.29) is 5.82 Å². The van der Waals surface area contributed by atoms with Crippen LogP contribution in [0.3, 0.4) is 0 Å². The molecule has 0 fully saturated rings. The Morgan fingerprint density at radius 1 is 1.39 bits per heavy atom. The number of rotatable bonds is 3. The van der Waals surface area contributed by atoms with Gasteiger partial charge < -0.3 is 10.1 Å². The maximum Gasteiger partial charge on any atom is 0.342 e. The highest BCUT2D eigenvalue weighted by Crippen LogP contribution is 2.28. The zero-order chi connectivity index (χ0) is 13.3. The molecular weight excluding hydrogens is 254 g/mol. The van der Waals surface area contributed by atoms with Gasteiger partial charge in [-0.1, -0.05) is 0 Å². The monoisotopic (exact) mass is 265 g/mol. The van der Waals surface area contributed by atoms with Crippen LogP contribution < -0.4 is 0 Å². The van der Waals surface area contributed by atoms with Crippen molar-refractivity contribution < 1.29 is 4.92 Å². The van der Waals surface area contributed by atoms with Gasteiger partial charge in [-0.3, -0.25) is 9.97 Å². The molecule has 2 aromatic rings. The molecule has 0 N–H and O–H groups in total. The molecule has 1 atom stereocenters. The van der Waals surface area contributed by atoms with Gasteiger partial charge in [0, 0.05) is 12.4 Å². The minimum absolute atomic E-state index is 0.0782. The molecule has 0 spiro atoms. The Kier molecular flexibility index (Phi) is 3.28. The van der Waals surface area contributed by atoms with Gasteiger partial charge in [-0.25, -0.2) is 9.55 Å². The van der Waals surface area contributed by atoms with E-state index in [2.05, 4.69) is 27.6 Å². The van der Waals surface area contributed by atoms with E-state index in [9.17, 15) is 10.1 Å². The van der Waals surface area contributed by atoms with Crippen molar-refractivity contribution in [2.45, 2.75) is 12.2 Å². The molecule has 2 heterocycles. The first-order valence-electron chi connectivity index (χ1n) is 5.14. The van der Waals surface area contributed by atoms with Crippen molar-refractivity contribution in [3.8, 4) is 0 Å². The highest BCUT2D eigenvalue weighted by Gasteiger charge is 2.25. The molecule has 0 bridgehead atoms. The van der Waals surface area contributed by atoms with E-state index in [0.717, 1.165) is 5.69 Å². The van der Waals surface area contributed by atoms with Crippen LogP contribution in [-0.2, 0) is 7.05 Å². The zero-order valence-electron chi connectivity index (χ0n) is 9.81. The van der Waals surface area contributed by atoms with Gasteiger partial charge in [0.1, 0.15) is 11.4 Å². The third-order valence-electron chi connectivity index (χ3n) is 2.61. The topological polar surface area (TPSA) is 86.7 Å².